The van der Waals surface area contributed by atoms with Crippen molar-refractivity contribution in [2.45, 2.75) is 18.9 Å². The van der Waals surface area contributed by atoms with Gasteiger partial charge >= 0.3 is 0 Å². The van der Waals surface area contributed by atoms with Gasteiger partial charge in [-0.2, -0.15) is 5.10 Å². The van der Waals surface area contributed by atoms with Crippen LogP contribution in [0.5, 0.6) is 0 Å². The SMILES string of the molecule is CNc1cc([C@@H]2CCCN2C(=O)c2cnn(C)c2)ccn1. The third kappa shape index (κ3) is 2.61. The molecule has 2 aromatic rings. The highest BCUT2D eigenvalue weighted by atomic mass is 16.2. The van der Waals surface area contributed by atoms with Gasteiger partial charge in [0.2, 0.25) is 0 Å². The van der Waals surface area contributed by atoms with Crippen LogP contribution in [0.25, 0.3) is 0 Å². The first-order valence-corrected chi connectivity index (χ1v) is 7.12. The number of carbonyl (C=O) groups is 1. The van der Waals surface area contributed by atoms with Gasteiger partial charge in [0.1, 0.15) is 5.82 Å². The van der Waals surface area contributed by atoms with Crippen molar-refractivity contribution in [1.29, 1.82) is 0 Å². The Morgan fingerprint density at radius 1 is 1.48 bits per heavy atom. The zero-order valence-electron chi connectivity index (χ0n) is 12.3. The number of likely N-dealkylation sites (tertiary alicyclic amines) is 1. The number of nitrogens with one attached hydrogen (secondary N) is 1. The predicted octanol–water partition coefficient (Wildman–Crippen LogP) is 1.83. The number of aromatic nitrogens is 3. The fourth-order valence-corrected chi connectivity index (χ4v) is 2.84. The Balaban J connectivity index is 1.86. The molecule has 1 N–H and O–H groups in total. The lowest BCUT2D eigenvalue weighted by molar-refractivity contribution is 0.0735. The van der Waals surface area contributed by atoms with Crippen LogP contribution in [-0.2, 0) is 7.05 Å². The van der Waals surface area contributed by atoms with Gasteiger partial charge < -0.3 is 10.2 Å². The van der Waals surface area contributed by atoms with E-state index in [1.54, 1.807) is 23.3 Å². The Hall–Kier alpha value is -2.37. The first-order valence-electron chi connectivity index (χ1n) is 7.12. The molecule has 1 amide bonds. The number of carbonyl (C=O) groups excluding carboxylic acids is 1. The van der Waals surface area contributed by atoms with Gasteiger partial charge in [-0.3, -0.25) is 9.48 Å². The fraction of sp³-hybridized carbons (Fsp3) is 0.400. The van der Waals surface area contributed by atoms with Crippen molar-refractivity contribution in [3.63, 3.8) is 0 Å². The molecule has 0 saturated carbocycles. The third-order valence-corrected chi connectivity index (χ3v) is 3.89. The van der Waals surface area contributed by atoms with Crippen LogP contribution in [-0.4, -0.2) is 39.2 Å². The van der Waals surface area contributed by atoms with E-state index in [-0.39, 0.29) is 11.9 Å². The number of anilines is 1. The van der Waals surface area contributed by atoms with Gasteiger partial charge in [0.15, 0.2) is 0 Å². The molecule has 1 aliphatic heterocycles. The van der Waals surface area contributed by atoms with Crippen molar-refractivity contribution in [2.75, 3.05) is 18.9 Å². The van der Waals surface area contributed by atoms with E-state index in [1.165, 1.54) is 0 Å². The summed E-state index contributed by atoms with van der Waals surface area (Å²) in [5.41, 5.74) is 1.77. The molecule has 0 bridgehead atoms. The van der Waals surface area contributed by atoms with Crippen LogP contribution in [0.3, 0.4) is 0 Å². The summed E-state index contributed by atoms with van der Waals surface area (Å²) in [5.74, 6) is 0.876. The third-order valence-electron chi connectivity index (χ3n) is 3.89. The molecule has 1 fully saturated rings. The second-order valence-electron chi connectivity index (χ2n) is 5.28. The van der Waals surface area contributed by atoms with Crippen molar-refractivity contribution in [2.24, 2.45) is 7.05 Å². The van der Waals surface area contributed by atoms with E-state index >= 15 is 0 Å². The summed E-state index contributed by atoms with van der Waals surface area (Å²) >= 11 is 0. The van der Waals surface area contributed by atoms with Crippen LogP contribution in [0.1, 0.15) is 34.8 Å². The summed E-state index contributed by atoms with van der Waals surface area (Å²) in [5, 5.41) is 7.13. The quantitative estimate of drug-likeness (QED) is 0.934. The minimum absolute atomic E-state index is 0.0495. The van der Waals surface area contributed by atoms with Crippen molar-refractivity contribution < 1.29 is 4.79 Å². The maximum atomic E-state index is 12.6. The average molecular weight is 285 g/mol. The molecule has 0 spiro atoms. The van der Waals surface area contributed by atoms with Gasteiger partial charge in [0.25, 0.3) is 5.91 Å². The highest BCUT2D eigenvalue weighted by molar-refractivity contribution is 5.94. The Morgan fingerprint density at radius 2 is 2.33 bits per heavy atom. The van der Waals surface area contributed by atoms with Gasteiger partial charge in [-0.05, 0) is 30.5 Å². The van der Waals surface area contributed by atoms with Crippen LogP contribution in [0.2, 0.25) is 0 Å². The Bertz CT molecular complexity index is 651. The van der Waals surface area contributed by atoms with Gasteiger partial charge in [0.05, 0.1) is 17.8 Å². The van der Waals surface area contributed by atoms with E-state index < -0.39 is 0 Å². The van der Waals surface area contributed by atoms with Crippen LogP contribution in [0.15, 0.2) is 30.7 Å². The zero-order chi connectivity index (χ0) is 14.8. The van der Waals surface area contributed by atoms with Gasteiger partial charge in [0, 0.05) is 33.0 Å². The van der Waals surface area contributed by atoms with Gasteiger partial charge in [-0.15, -0.1) is 0 Å². The van der Waals surface area contributed by atoms with Gasteiger partial charge in [-0.1, -0.05) is 0 Å². The number of amides is 1. The van der Waals surface area contributed by atoms with Crippen LogP contribution < -0.4 is 5.32 Å². The van der Waals surface area contributed by atoms with Crippen molar-refractivity contribution in [1.82, 2.24) is 19.7 Å². The molecule has 0 unspecified atom stereocenters. The number of rotatable bonds is 3. The minimum Gasteiger partial charge on any atom is -0.373 e. The Labute approximate surface area is 123 Å². The smallest absolute Gasteiger partial charge is 0.257 e. The molecular weight excluding hydrogens is 266 g/mol. The molecule has 21 heavy (non-hydrogen) atoms. The summed E-state index contributed by atoms with van der Waals surface area (Å²) in [6, 6.07) is 4.12. The maximum Gasteiger partial charge on any atom is 0.257 e. The molecule has 0 aliphatic carbocycles. The largest absolute Gasteiger partial charge is 0.373 e. The summed E-state index contributed by atoms with van der Waals surface area (Å²) < 4.78 is 1.66. The predicted molar refractivity (Wildman–Crippen MR) is 80.0 cm³/mol. The normalized spacial score (nSPS) is 18.0. The van der Waals surface area contributed by atoms with Crippen molar-refractivity contribution in [3.05, 3.63) is 41.9 Å². The van der Waals surface area contributed by atoms with Crippen LogP contribution in [0, 0.1) is 0 Å². The van der Waals surface area contributed by atoms with E-state index in [0.717, 1.165) is 30.8 Å². The molecule has 2 aromatic heterocycles. The number of aryl methyl sites for hydroxylation is 1. The standard InChI is InChI=1S/C15H19N5O/c1-16-14-8-11(5-6-17-14)13-4-3-7-20(13)15(21)12-9-18-19(2)10-12/h5-6,8-10,13H,3-4,7H2,1-2H3,(H,16,17)/t13-/m0/s1. The molecule has 1 atom stereocenters. The zero-order valence-corrected chi connectivity index (χ0v) is 12.3. The van der Waals surface area contributed by atoms with Crippen molar-refractivity contribution in [3.8, 4) is 0 Å². The average Bonchev–Trinajstić information content (AvgIpc) is 3.15. The Kier molecular flexibility index (Phi) is 3.60. The molecule has 3 heterocycles. The Morgan fingerprint density at radius 3 is 3.05 bits per heavy atom. The minimum atomic E-state index is 0.0495. The number of hydrogen-bond acceptors (Lipinski definition) is 4. The summed E-state index contributed by atoms with van der Waals surface area (Å²) in [7, 11) is 3.67. The molecule has 1 saturated heterocycles. The molecule has 0 aromatic carbocycles. The molecule has 3 rings (SSSR count). The number of pyridine rings is 1. The lowest BCUT2D eigenvalue weighted by atomic mass is 10.1. The molecule has 6 nitrogen and oxygen atoms in total. The summed E-state index contributed by atoms with van der Waals surface area (Å²) in [6.07, 6.45) is 7.19. The highest BCUT2D eigenvalue weighted by Crippen LogP contribution is 2.33. The highest BCUT2D eigenvalue weighted by Gasteiger charge is 2.31. The van der Waals surface area contributed by atoms with Gasteiger partial charge in [-0.25, -0.2) is 4.98 Å². The molecule has 6 heteroatoms. The lowest BCUT2D eigenvalue weighted by Crippen LogP contribution is -2.30. The topological polar surface area (TPSA) is 63.1 Å². The second-order valence-corrected chi connectivity index (χ2v) is 5.28. The summed E-state index contributed by atoms with van der Waals surface area (Å²) in [4.78, 5) is 18.8. The maximum absolute atomic E-state index is 12.6. The summed E-state index contributed by atoms with van der Waals surface area (Å²) in [6.45, 7) is 0.787. The van der Waals surface area contributed by atoms with E-state index in [1.807, 2.05) is 31.1 Å². The van der Waals surface area contributed by atoms with Crippen LogP contribution >= 0.6 is 0 Å². The molecule has 1 aliphatic rings. The molecular formula is C15H19N5O. The van der Waals surface area contributed by atoms with E-state index in [9.17, 15) is 4.79 Å². The first kappa shape index (κ1) is 13.6. The lowest BCUT2D eigenvalue weighted by Gasteiger charge is -2.24. The van der Waals surface area contributed by atoms with E-state index in [2.05, 4.69) is 15.4 Å². The fourth-order valence-electron chi connectivity index (χ4n) is 2.84. The molecule has 0 radical (unpaired) electrons. The van der Waals surface area contributed by atoms with E-state index in [4.69, 9.17) is 0 Å². The monoisotopic (exact) mass is 285 g/mol. The van der Waals surface area contributed by atoms with Crippen molar-refractivity contribution >= 4 is 11.7 Å². The first-order chi connectivity index (χ1) is 10.2. The second kappa shape index (κ2) is 5.55. The van der Waals surface area contributed by atoms with Crippen LogP contribution in [0.4, 0.5) is 5.82 Å². The number of hydrogen-bond donors (Lipinski definition) is 1. The van der Waals surface area contributed by atoms with E-state index in [0.29, 0.717) is 5.56 Å². The molecule has 110 valence electrons. The number of nitrogens with zero attached hydrogens (tertiary/aromatic N) is 4.